The molecule has 4 rings (SSSR count). The zero-order valence-electron chi connectivity index (χ0n) is 20.1. The van der Waals surface area contributed by atoms with E-state index in [0.717, 1.165) is 43.5 Å². The van der Waals surface area contributed by atoms with Gasteiger partial charge in [0.2, 0.25) is 5.95 Å². The molecule has 3 heterocycles. The van der Waals surface area contributed by atoms with Gasteiger partial charge in [0.25, 0.3) is 0 Å². The Bertz CT molecular complexity index is 1150. The first-order chi connectivity index (χ1) is 17.0. The van der Waals surface area contributed by atoms with Gasteiger partial charge in [-0.05, 0) is 43.9 Å². The highest BCUT2D eigenvalue weighted by Crippen LogP contribution is 2.30. The number of anilines is 2. The number of aliphatic hydroxyl groups is 1. The van der Waals surface area contributed by atoms with Gasteiger partial charge in [-0.15, -0.1) is 0 Å². The average Bonchev–Trinajstić information content (AvgIpc) is 3.50. The number of carbonyl (C=O) groups is 1. The summed E-state index contributed by atoms with van der Waals surface area (Å²) >= 11 is 0. The number of methoxy groups -OCH3 is 1. The van der Waals surface area contributed by atoms with E-state index in [9.17, 15) is 9.90 Å². The normalized spacial score (nSPS) is 16.4. The SMILES string of the molecule is CCC[C@@H](CCO)Nc1nc(NC(=O)O)nc2cnn(Cc3ccc(C4CCCN4)cc3OC)c12. The summed E-state index contributed by atoms with van der Waals surface area (Å²) in [4.78, 5) is 20.0. The van der Waals surface area contributed by atoms with E-state index >= 15 is 0 Å². The predicted molar refractivity (Wildman–Crippen MR) is 133 cm³/mol. The van der Waals surface area contributed by atoms with E-state index in [4.69, 9.17) is 9.84 Å². The number of rotatable bonds is 11. The summed E-state index contributed by atoms with van der Waals surface area (Å²) in [6.07, 6.45) is 4.91. The number of nitrogens with zero attached hydrogens (tertiary/aromatic N) is 4. The average molecular weight is 484 g/mol. The third kappa shape index (κ3) is 5.80. The van der Waals surface area contributed by atoms with Crippen molar-refractivity contribution in [2.24, 2.45) is 0 Å². The Morgan fingerprint density at radius 1 is 1.34 bits per heavy atom. The number of hydrogen-bond acceptors (Lipinski definition) is 8. The van der Waals surface area contributed by atoms with E-state index in [2.05, 4.69) is 56.1 Å². The highest BCUT2D eigenvalue weighted by Gasteiger charge is 2.20. The first-order valence-corrected chi connectivity index (χ1v) is 12.0. The zero-order chi connectivity index (χ0) is 24.8. The lowest BCUT2D eigenvalue weighted by atomic mass is 10.0. The van der Waals surface area contributed by atoms with E-state index in [1.54, 1.807) is 18.0 Å². The number of benzene rings is 1. The maximum absolute atomic E-state index is 11.2. The number of ether oxygens (including phenoxy) is 1. The fourth-order valence-corrected chi connectivity index (χ4v) is 4.60. The Morgan fingerprint density at radius 2 is 2.20 bits per heavy atom. The van der Waals surface area contributed by atoms with Gasteiger partial charge in [-0.3, -0.25) is 10.00 Å². The van der Waals surface area contributed by atoms with Crippen molar-refractivity contribution >= 4 is 28.9 Å². The molecule has 0 radical (unpaired) electrons. The van der Waals surface area contributed by atoms with E-state index in [-0.39, 0.29) is 18.6 Å². The van der Waals surface area contributed by atoms with Crippen molar-refractivity contribution in [3.8, 4) is 5.75 Å². The molecular formula is C24H33N7O4. The number of hydrogen-bond donors (Lipinski definition) is 5. The Morgan fingerprint density at radius 3 is 2.89 bits per heavy atom. The summed E-state index contributed by atoms with van der Waals surface area (Å²) in [6, 6.07) is 6.57. The fraction of sp³-hybridized carbons (Fsp3) is 0.500. The maximum atomic E-state index is 11.2. The van der Waals surface area contributed by atoms with Crippen LogP contribution in [0.3, 0.4) is 0 Å². The van der Waals surface area contributed by atoms with Crippen LogP contribution in [0.1, 0.15) is 56.2 Å². The minimum atomic E-state index is -1.25. The van der Waals surface area contributed by atoms with Gasteiger partial charge in [0.1, 0.15) is 16.8 Å². The Hall–Kier alpha value is -3.44. The molecule has 35 heavy (non-hydrogen) atoms. The van der Waals surface area contributed by atoms with Gasteiger partial charge in [0, 0.05) is 24.3 Å². The summed E-state index contributed by atoms with van der Waals surface area (Å²) in [6.45, 7) is 3.55. The molecule has 188 valence electrons. The van der Waals surface area contributed by atoms with Gasteiger partial charge in [-0.25, -0.2) is 9.78 Å². The fourth-order valence-electron chi connectivity index (χ4n) is 4.60. The van der Waals surface area contributed by atoms with Crippen LogP contribution in [0.4, 0.5) is 16.6 Å². The van der Waals surface area contributed by atoms with Crippen molar-refractivity contribution in [1.82, 2.24) is 25.1 Å². The van der Waals surface area contributed by atoms with Gasteiger partial charge in [-0.2, -0.15) is 10.1 Å². The number of fused-ring (bicyclic) bond motifs is 1. The predicted octanol–water partition coefficient (Wildman–Crippen LogP) is 3.36. The van der Waals surface area contributed by atoms with Gasteiger partial charge in [-0.1, -0.05) is 25.5 Å². The third-order valence-corrected chi connectivity index (χ3v) is 6.26. The molecule has 2 aromatic heterocycles. The van der Waals surface area contributed by atoms with Crippen LogP contribution in [0.15, 0.2) is 24.4 Å². The van der Waals surface area contributed by atoms with Crippen LogP contribution < -0.4 is 20.7 Å². The molecule has 0 bridgehead atoms. The molecule has 1 unspecified atom stereocenters. The third-order valence-electron chi connectivity index (χ3n) is 6.26. The number of carboxylic acid groups (broad SMARTS) is 1. The van der Waals surface area contributed by atoms with Gasteiger partial charge >= 0.3 is 6.09 Å². The molecule has 1 amide bonds. The van der Waals surface area contributed by atoms with Gasteiger partial charge in [0.15, 0.2) is 5.82 Å². The second kappa shape index (κ2) is 11.3. The van der Waals surface area contributed by atoms with E-state index in [1.165, 1.54) is 5.56 Å². The zero-order valence-corrected chi connectivity index (χ0v) is 20.1. The Balaban J connectivity index is 1.70. The van der Waals surface area contributed by atoms with Crippen molar-refractivity contribution in [3.63, 3.8) is 0 Å². The molecule has 11 nitrogen and oxygen atoms in total. The van der Waals surface area contributed by atoms with Crippen LogP contribution >= 0.6 is 0 Å². The van der Waals surface area contributed by atoms with Crippen molar-refractivity contribution in [2.45, 2.75) is 57.7 Å². The summed E-state index contributed by atoms with van der Waals surface area (Å²) in [5, 5.41) is 32.3. The largest absolute Gasteiger partial charge is 0.496 e. The molecule has 0 spiro atoms. The summed E-state index contributed by atoms with van der Waals surface area (Å²) < 4.78 is 7.50. The minimum Gasteiger partial charge on any atom is -0.496 e. The topological polar surface area (TPSA) is 146 Å². The molecule has 11 heteroatoms. The Kier molecular flexibility index (Phi) is 7.98. The van der Waals surface area contributed by atoms with Crippen LogP contribution in [0.25, 0.3) is 11.0 Å². The number of amides is 1. The van der Waals surface area contributed by atoms with Crippen molar-refractivity contribution in [2.75, 3.05) is 30.9 Å². The lowest BCUT2D eigenvalue weighted by molar-refractivity contribution is 0.209. The van der Waals surface area contributed by atoms with Crippen molar-refractivity contribution in [1.29, 1.82) is 0 Å². The molecule has 0 saturated carbocycles. The molecule has 1 aliphatic heterocycles. The van der Waals surface area contributed by atoms with Crippen LogP contribution in [0.2, 0.25) is 0 Å². The van der Waals surface area contributed by atoms with E-state index < -0.39 is 6.09 Å². The van der Waals surface area contributed by atoms with Crippen LogP contribution in [0, 0.1) is 0 Å². The monoisotopic (exact) mass is 483 g/mol. The van der Waals surface area contributed by atoms with E-state index in [1.807, 2.05) is 0 Å². The van der Waals surface area contributed by atoms with Crippen LogP contribution in [-0.4, -0.2) is 62.4 Å². The molecular weight excluding hydrogens is 450 g/mol. The molecule has 2 atom stereocenters. The van der Waals surface area contributed by atoms with Crippen LogP contribution in [0.5, 0.6) is 5.75 Å². The van der Waals surface area contributed by atoms with Gasteiger partial charge in [0.05, 0.1) is 19.9 Å². The van der Waals surface area contributed by atoms with Crippen molar-refractivity contribution in [3.05, 3.63) is 35.5 Å². The number of aliphatic hydroxyl groups excluding tert-OH is 1. The number of aromatic nitrogens is 4. The Labute approximate surface area is 203 Å². The standard InChI is InChI=1S/C24H33N7O4/c1-3-5-17(9-11-32)27-22-21-19(28-23(29-22)30-24(33)34)13-26-31(21)14-16-8-7-15(12-20(16)35-2)18-6-4-10-25-18/h7-8,12-13,17-18,25,32H,3-6,9-11,14H2,1-2H3,(H,33,34)(H2,27,28,29,30)/t17-,18?/m0/s1. The molecule has 3 aromatic rings. The van der Waals surface area contributed by atoms with Gasteiger partial charge < -0.3 is 25.6 Å². The first kappa shape index (κ1) is 24.7. The molecule has 1 aromatic carbocycles. The second-order valence-electron chi connectivity index (χ2n) is 8.72. The van der Waals surface area contributed by atoms with Crippen molar-refractivity contribution < 1.29 is 19.7 Å². The molecule has 5 N–H and O–H groups in total. The molecule has 1 aliphatic rings. The highest BCUT2D eigenvalue weighted by molar-refractivity contribution is 5.89. The minimum absolute atomic E-state index is 0.0303. The summed E-state index contributed by atoms with van der Waals surface area (Å²) in [5.74, 6) is 1.22. The summed E-state index contributed by atoms with van der Waals surface area (Å²) in [5.41, 5.74) is 3.33. The quantitative estimate of drug-likeness (QED) is 0.277. The lowest BCUT2D eigenvalue weighted by Gasteiger charge is -2.19. The smallest absolute Gasteiger partial charge is 0.411 e. The van der Waals surface area contributed by atoms with E-state index in [0.29, 0.717) is 35.9 Å². The first-order valence-electron chi connectivity index (χ1n) is 12.0. The summed E-state index contributed by atoms with van der Waals surface area (Å²) in [7, 11) is 1.66. The highest BCUT2D eigenvalue weighted by atomic mass is 16.5. The second-order valence-corrected chi connectivity index (χ2v) is 8.72. The lowest BCUT2D eigenvalue weighted by Crippen LogP contribution is -2.23. The molecule has 1 saturated heterocycles. The molecule has 1 fully saturated rings. The maximum Gasteiger partial charge on any atom is 0.411 e. The number of nitrogens with one attached hydrogen (secondary N) is 3. The van der Waals surface area contributed by atoms with Crippen LogP contribution in [-0.2, 0) is 6.54 Å². The molecule has 0 aliphatic carbocycles.